The lowest BCUT2D eigenvalue weighted by Crippen LogP contribution is -2.60. The van der Waals surface area contributed by atoms with Crippen LogP contribution < -0.4 is 0 Å². The minimum absolute atomic E-state index is 0.0689. The van der Waals surface area contributed by atoms with E-state index in [1.807, 2.05) is 0 Å². The average Bonchev–Trinajstić information content (AvgIpc) is 3.26. The Kier molecular flexibility index (Phi) is 6.31. The van der Waals surface area contributed by atoms with Crippen LogP contribution in [-0.4, -0.2) is 42.6 Å². The maximum absolute atomic E-state index is 12.2. The van der Waals surface area contributed by atoms with E-state index in [4.69, 9.17) is 18.9 Å². The monoisotopic (exact) mass is 516 g/mol. The van der Waals surface area contributed by atoms with Crippen LogP contribution in [0.15, 0.2) is 0 Å². The van der Waals surface area contributed by atoms with Crippen molar-refractivity contribution in [3.8, 4) is 0 Å². The Balaban J connectivity index is 1.26. The van der Waals surface area contributed by atoms with Crippen molar-refractivity contribution in [3.05, 3.63) is 0 Å². The van der Waals surface area contributed by atoms with E-state index in [1.54, 1.807) is 0 Å². The lowest BCUT2D eigenvalue weighted by Gasteiger charge is -2.62. The molecule has 2 saturated heterocycles. The first-order valence-electron chi connectivity index (χ1n) is 15.1. The molecule has 2 aliphatic heterocycles. The van der Waals surface area contributed by atoms with Gasteiger partial charge in [-0.25, -0.2) is 0 Å². The number of fused-ring (bicyclic) bond motifs is 7. The van der Waals surface area contributed by atoms with Gasteiger partial charge in [0.05, 0.1) is 12.7 Å². The van der Waals surface area contributed by atoms with Gasteiger partial charge in [-0.15, -0.1) is 0 Å². The number of hydrogen-bond donors (Lipinski definition) is 0. The molecule has 208 valence electrons. The summed E-state index contributed by atoms with van der Waals surface area (Å²) in [4.78, 5) is 24.0. The van der Waals surface area contributed by atoms with E-state index in [0.29, 0.717) is 54.0 Å². The first-order chi connectivity index (χ1) is 17.5. The molecule has 4 aliphatic carbocycles. The number of esters is 2. The molecule has 6 rings (SSSR count). The third kappa shape index (κ3) is 3.85. The summed E-state index contributed by atoms with van der Waals surface area (Å²) >= 11 is 0. The van der Waals surface area contributed by atoms with E-state index in [2.05, 4.69) is 27.7 Å². The molecule has 0 aromatic heterocycles. The van der Waals surface area contributed by atoms with E-state index in [9.17, 15) is 9.59 Å². The summed E-state index contributed by atoms with van der Waals surface area (Å²) in [5.74, 6) is 3.00. The minimum atomic E-state index is -0.369. The highest BCUT2D eigenvalue weighted by Gasteiger charge is 2.70. The van der Waals surface area contributed by atoms with Gasteiger partial charge in [-0.1, -0.05) is 27.7 Å². The van der Waals surface area contributed by atoms with Crippen LogP contribution in [0.1, 0.15) is 99.3 Å². The molecule has 1 spiro atoms. The second kappa shape index (κ2) is 8.94. The van der Waals surface area contributed by atoms with Crippen LogP contribution in [0.25, 0.3) is 0 Å². The van der Waals surface area contributed by atoms with Crippen molar-refractivity contribution >= 4 is 11.9 Å². The third-order valence-corrected chi connectivity index (χ3v) is 12.6. The Hall–Kier alpha value is -1.14. The Morgan fingerprint density at radius 1 is 0.865 bits per heavy atom. The van der Waals surface area contributed by atoms with Crippen molar-refractivity contribution in [1.29, 1.82) is 0 Å². The molecule has 0 amide bonds. The topological polar surface area (TPSA) is 71.1 Å². The predicted molar refractivity (Wildman–Crippen MR) is 138 cm³/mol. The van der Waals surface area contributed by atoms with Gasteiger partial charge in [-0.2, -0.15) is 0 Å². The number of carbonyl (C=O) groups is 2. The minimum Gasteiger partial charge on any atom is -0.462 e. The van der Waals surface area contributed by atoms with Gasteiger partial charge in [-0.3, -0.25) is 9.59 Å². The standard InChI is InChI=1S/C31H48O6/c1-17-9-12-31(34-16-17)18(2)28-26(37-31)15-25-23-8-7-21-13-22(35-19(3)32)14-27(36-20(4)33)30(21,6)24(23)10-11-29(25,28)5/h17-18,21-28H,7-16H2,1-6H3/t17-,18+,21+,22+,23+,24-,25-,26+,27-,28+,29+,30+,31-/m1/s1. The second-order valence-electron chi connectivity index (χ2n) is 14.3. The first kappa shape index (κ1) is 26.1. The molecule has 0 radical (unpaired) electrons. The lowest BCUT2D eigenvalue weighted by molar-refractivity contribution is -0.273. The summed E-state index contributed by atoms with van der Waals surface area (Å²) in [6, 6.07) is 0. The summed E-state index contributed by atoms with van der Waals surface area (Å²) in [7, 11) is 0. The van der Waals surface area contributed by atoms with Gasteiger partial charge in [0, 0.05) is 38.0 Å². The molecule has 6 nitrogen and oxygen atoms in total. The number of carbonyl (C=O) groups excluding carboxylic acids is 2. The molecule has 0 aromatic carbocycles. The quantitative estimate of drug-likeness (QED) is 0.425. The van der Waals surface area contributed by atoms with Crippen LogP contribution in [0.2, 0.25) is 0 Å². The highest BCUT2D eigenvalue weighted by atomic mass is 16.7. The van der Waals surface area contributed by atoms with Crippen molar-refractivity contribution in [2.45, 2.75) is 123 Å². The summed E-state index contributed by atoms with van der Waals surface area (Å²) < 4.78 is 25.2. The Morgan fingerprint density at radius 2 is 1.62 bits per heavy atom. The SMILES string of the molecule is CC(=O)O[C@H]1C[C@@H]2CC[C@@H]3[C@H]4C[C@@H]5O[C@]6(CC[C@@H](C)CO6)[C@@H](C)[C@@H]5[C@@]4(C)CC[C@H]3[C@@]2(C)[C@H](OC(C)=O)C1. The Labute approximate surface area is 222 Å². The zero-order valence-corrected chi connectivity index (χ0v) is 23.8. The zero-order valence-electron chi connectivity index (χ0n) is 23.8. The Bertz CT molecular complexity index is 925. The molecule has 6 aliphatic rings. The van der Waals surface area contributed by atoms with Gasteiger partial charge in [-0.05, 0) is 85.9 Å². The van der Waals surface area contributed by atoms with Crippen molar-refractivity contribution in [1.82, 2.24) is 0 Å². The van der Waals surface area contributed by atoms with Gasteiger partial charge < -0.3 is 18.9 Å². The van der Waals surface area contributed by atoms with Crippen molar-refractivity contribution in [3.63, 3.8) is 0 Å². The highest BCUT2D eigenvalue weighted by Crippen LogP contribution is 2.71. The molecule has 4 saturated carbocycles. The van der Waals surface area contributed by atoms with Crippen LogP contribution >= 0.6 is 0 Å². The van der Waals surface area contributed by atoms with Crippen LogP contribution in [0.4, 0.5) is 0 Å². The predicted octanol–water partition coefficient (Wildman–Crippen LogP) is 5.91. The fraction of sp³-hybridized carbons (Fsp3) is 0.935. The van der Waals surface area contributed by atoms with Gasteiger partial charge in [0.15, 0.2) is 5.79 Å². The first-order valence-corrected chi connectivity index (χ1v) is 15.1. The maximum atomic E-state index is 12.2. The van der Waals surface area contributed by atoms with E-state index < -0.39 is 0 Å². The van der Waals surface area contributed by atoms with Crippen LogP contribution in [0.5, 0.6) is 0 Å². The maximum Gasteiger partial charge on any atom is 0.302 e. The van der Waals surface area contributed by atoms with Gasteiger partial charge >= 0.3 is 11.9 Å². The smallest absolute Gasteiger partial charge is 0.302 e. The molecule has 0 unspecified atom stereocenters. The lowest BCUT2D eigenvalue weighted by atomic mass is 9.43. The van der Waals surface area contributed by atoms with Crippen LogP contribution in [-0.2, 0) is 28.5 Å². The van der Waals surface area contributed by atoms with E-state index >= 15 is 0 Å². The Morgan fingerprint density at radius 3 is 2.30 bits per heavy atom. The molecule has 0 N–H and O–H groups in total. The molecule has 0 bridgehead atoms. The number of ether oxygens (including phenoxy) is 4. The second-order valence-corrected chi connectivity index (χ2v) is 14.3. The van der Waals surface area contributed by atoms with Crippen molar-refractivity contribution in [2.75, 3.05) is 6.61 Å². The van der Waals surface area contributed by atoms with E-state index in [1.165, 1.54) is 39.5 Å². The van der Waals surface area contributed by atoms with Crippen molar-refractivity contribution < 1.29 is 28.5 Å². The fourth-order valence-electron chi connectivity index (χ4n) is 11.0. The number of rotatable bonds is 2. The normalized spacial score (nSPS) is 54.5. The largest absolute Gasteiger partial charge is 0.462 e. The molecular weight excluding hydrogens is 468 g/mol. The summed E-state index contributed by atoms with van der Waals surface area (Å²) in [6.45, 7) is 13.5. The summed E-state index contributed by atoms with van der Waals surface area (Å²) in [5, 5.41) is 0. The number of hydrogen-bond acceptors (Lipinski definition) is 6. The molecular formula is C31H48O6. The van der Waals surface area contributed by atoms with Crippen LogP contribution in [0, 0.1) is 52.3 Å². The molecule has 6 heteroatoms. The third-order valence-electron chi connectivity index (χ3n) is 12.6. The molecule has 2 heterocycles. The van der Waals surface area contributed by atoms with Gasteiger partial charge in [0.1, 0.15) is 12.2 Å². The molecule has 13 atom stereocenters. The summed E-state index contributed by atoms with van der Waals surface area (Å²) in [5.41, 5.74) is 0.205. The average molecular weight is 517 g/mol. The molecule has 0 aromatic rings. The van der Waals surface area contributed by atoms with Gasteiger partial charge in [0.25, 0.3) is 0 Å². The summed E-state index contributed by atoms with van der Waals surface area (Å²) in [6.07, 6.45) is 9.57. The van der Waals surface area contributed by atoms with Gasteiger partial charge in [0.2, 0.25) is 0 Å². The molecule has 37 heavy (non-hydrogen) atoms. The van der Waals surface area contributed by atoms with Crippen molar-refractivity contribution in [2.24, 2.45) is 52.3 Å². The molecule has 6 fully saturated rings. The van der Waals surface area contributed by atoms with Crippen LogP contribution in [0.3, 0.4) is 0 Å². The zero-order chi connectivity index (χ0) is 26.3. The van der Waals surface area contributed by atoms with E-state index in [0.717, 1.165) is 32.3 Å². The van der Waals surface area contributed by atoms with E-state index in [-0.39, 0.29) is 40.8 Å². The fourth-order valence-corrected chi connectivity index (χ4v) is 11.0. The highest BCUT2D eigenvalue weighted by molar-refractivity contribution is 5.67.